The molecule has 1 aromatic heterocycles. The largest absolute Gasteiger partial charge is 0.497 e. The van der Waals surface area contributed by atoms with E-state index in [9.17, 15) is 19.4 Å². The fraction of sp³-hybridized carbons (Fsp3) is 0.429. The van der Waals surface area contributed by atoms with Crippen LogP contribution in [0.15, 0.2) is 60.8 Å². The quantitative estimate of drug-likeness (QED) is 0.416. The topological polar surface area (TPSA) is 82.9 Å². The number of alkyl halides is 1. The van der Waals surface area contributed by atoms with E-state index in [4.69, 9.17) is 4.74 Å². The first-order valence-corrected chi connectivity index (χ1v) is 12.2. The van der Waals surface area contributed by atoms with Crippen molar-refractivity contribution in [3.8, 4) is 5.75 Å². The molecule has 35 heavy (non-hydrogen) atoms. The third-order valence-corrected chi connectivity index (χ3v) is 7.17. The molecule has 2 heterocycles. The zero-order valence-corrected chi connectivity index (χ0v) is 20.0. The van der Waals surface area contributed by atoms with Crippen molar-refractivity contribution in [1.29, 1.82) is 0 Å². The number of carboxylic acids is 1. The number of pyridine rings is 1. The minimum atomic E-state index is -1.05. The number of aromatic nitrogens is 1. The number of nitrogens with zero attached hydrogens (tertiary/aromatic N) is 2. The Labute approximate surface area is 205 Å². The predicted molar refractivity (Wildman–Crippen MR) is 133 cm³/mol. The number of aliphatic hydroxyl groups excluding tert-OH is 1. The summed E-state index contributed by atoms with van der Waals surface area (Å²) < 4.78 is 19.9. The second kappa shape index (κ2) is 11.6. The van der Waals surface area contributed by atoms with Gasteiger partial charge in [-0.05, 0) is 73.5 Å². The number of aliphatic hydroxyl groups is 1. The van der Waals surface area contributed by atoms with Gasteiger partial charge in [-0.2, -0.15) is 0 Å². The molecule has 4 rings (SSSR count). The van der Waals surface area contributed by atoms with Gasteiger partial charge in [0.25, 0.3) is 0 Å². The lowest BCUT2D eigenvalue weighted by molar-refractivity contribution is -0.146. The maximum absolute atomic E-state index is 14.6. The highest BCUT2D eigenvalue weighted by molar-refractivity contribution is 5.83. The monoisotopic (exact) mass is 480 g/mol. The summed E-state index contributed by atoms with van der Waals surface area (Å²) in [6.07, 6.45) is 2.04. The Morgan fingerprint density at radius 3 is 2.74 bits per heavy atom. The van der Waals surface area contributed by atoms with Gasteiger partial charge in [0.2, 0.25) is 0 Å². The molecule has 7 heteroatoms. The van der Waals surface area contributed by atoms with Crippen LogP contribution >= 0.6 is 0 Å². The van der Waals surface area contributed by atoms with Gasteiger partial charge < -0.3 is 19.8 Å². The molecule has 1 saturated heterocycles. The highest BCUT2D eigenvalue weighted by Crippen LogP contribution is 2.34. The lowest BCUT2D eigenvalue weighted by Gasteiger charge is -2.37. The van der Waals surface area contributed by atoms with Crippen LogP contribution in [0.4, 0.5) is 4.39 Å². The molecule has 3 aromatic rings. The Bertz CT molecular complexity index is 1130. The normalized spacial score (nSPS) is 20.4. The van der Waals surface area contributed by atoms with Crippen molar-refractivity contribution in [3.05, 3.63) is 71.9 Å². The molecule has 0 bridgehead atoms. The number of carbonyl (C=O) groups is 1. The lowest BCUT2D eigenvalue weighted by atomic mass is 9.81. The summed E-state index contributed by atoms with van der Waals surface area (Å²) in [5.41, 5.74) is 2.21. The average molecular weight is 481 g/mol. The van der Waals surface area contributed by atoms with E-state index in [2.05, 4.69) is 9.88 Å². The summed E-state index contributed by atoms with van der Waals surface area (Å²) in [6, 6.07) is 16.5. The summed E-state index contributed by atoms with van der Waals surface area (Å²) in [6.45, 7) is 1.68. The Kier molecular flexibility index (Phi) is 8.31. The Hall–Kier alpha value is -3.03. The number of benzene rings is 2. The molecule has 2 aromatic carbocycles. The zero-order valence-electron chi connectivity index (χ0n) is 20.0. The van der Waals surface area contributed by atoms with Gasteiger partial charge in [-0.3, -0.25) is 9.78 Å². The first kappa shape index (κ1) is 25.1. The number of ether oxygens (including phenoxy) is 1. The van der Waals surface area contributed by atoms with E-state index in [1.165, 1.54) is 0 Å². The standard InChI is InChI=1S/C28H33FN2O4/c1-35-21-8-9-26-23(17-21)22(11-14-30-26)27(32)10-7-19-12-15-31(18-24(19)28(33)34)16-13-25(29)20-5-3-2-4-6-20/h2-6,8-9,11,14,17,19,24-25,27,32H,7,10,12-13,15-16,18H2,1H3,(H,33,34)/t19-,24+,25?,27+/m1/s1. The second-order valence-corrected chi connectivity index (χ2v) is 9.34. The molecule has 2 N–H and O–H groups in total. The summed E-state index contributed by atoms with van der Waals surface area (Å²) in [5.74, 6) is -0.690. The summed E-state index contributed by atoms with van der Waals surface area (Å²) in [4.78, 5) is 18.5. The van der Waals surface area contributed by atoms with Gasteiger partial charge in [-0.1, -0.05) is 30.3 Å². The fourth-order valence-corrected chi connectivity index (χ4v) is 5.11. The number of hydrogen-bond donors (Lipinski definition) is 2. The molecule has 1 fully saturated rings. The maximum Gasteiger partial charge on any atom is 0.308 e. The van der Waals surface area contributed by atoms with Crippen molar-refractivity contribution in [2.24, 2.45) is 11.8 Å². The van der Waals surface area contributed by atoms with Crippen LogP contribution in [-0.4, -0.2) is 52.8 Å². The van der Waals surface area contributed by atoms with E-state index in [-0.39, 0.29) is 5.92 Å². The molecule has 0 aliphatic carbocycles. The van der Waals surface area contributed by atoms with Gasteiger partial charge >= 0.3 is 5.97 Å². The van der Waals surface area contributed by atoms with E-state index in [0.717, 1.165) is 29.4 Å². The van der Waals surface area contributed by atoms with Gasteiger partial charge in [-0.15, -0.1) is 0 Å². The number of likely N-dealkylation sites (tertiary alicyclic amines) is 1. The highest BCUT2D eigenvalue weighted by atomic mass is 19.1. The van der Waals surface area contributed by atoms with E-state index in [0.29, 0.717) is 43.7 Å². The number of methoxy groups -OCH3 is 1. The molecule has 4 atom stereocenters. The van der Waals surface area contributed by atoms with Crippen molar-refractivity contribution < 1.29 is 24.1 Å². The molecule has 186 valence electrons. The number of halogens is 1. The fourth-order valence-electron chi connectivity index (χ4n) is 5.11. The van der Waals surface area contributed by atoms with Gasteiger partial charge in [0.05, 0.1) is 24.6 Å². The Morgan fingerprint density at radius 1 is 1.20 bits per heavy atom. The molecule has 0 radical (unpaired) electrons. The molecule has 6 nitrogen and oxygen atoms in total. The van der Waals surface area contributed by atoms with Crippen LogP contribution in [0.1, 0.15) is 49.1 Å². The van der Waals surface area contributed by atoms with Gasteiger partial charge in [0.1, 0.15) is 11.9 Å². The summed E-state index contributed by atoms with van der Waals surface area (Å²) in [7, 11) is 1.60. The van der Waals surface area contributed by atoms with Crippen LogP contribution in [0.2, 0.25) is 0 Å². The van der Waals surface area contributed by atoms with Crippen molar-refractivity contribution in [2.45, 2.75) is 38.0 Å². The van der Waals surface area contributed by atoms with Crippen molar-refractivity contribution in [2.75, 3.05) is 26.7 Å². The minimum Gasteiger partial charge on any atom is -0.497 e. The van der Waals surface area contributed by atoms with Crippen molar-refractivity contribution >= 4 is 16.9 Å². The number of hydrogen-bond acceptors (Lipinski definition) is 5. The maximum atomic E-state index is 14.6. The number of fused-ring (bicyclic) bond motifs is 1. The minimum absolute atomic E-state index is 0.0312. The number of rotatable bonds is 10. The average Bonchev–Trinajstić information content (AvgIpc) is 2.90. The van der Waals surface area contributed by atoms with Crippen LogP contribution in [0.3, 0.4) is 0 Å². The van der Waals surface area contributed by atoms with Gasteiger partial charge in [0.15, 0.2) is 0 Å². The number of carboxylic acid groups (broad SMARTS) is 1. The molecule has 1 unspecified atom stereocenters. The predicted octanol–water partition coefficient (Wildman–Crippen LogP) is 5.18. The van der Waals surface area contributed by atoms with Crippen molar-refractivity contribution in [3.63, 3.8) is 0 Å². The van der Waals surface area contributed by atoms with Gasteiger partial charge in [-0.25, -0.2) is 4.39 Å². The first-order valence-electron chi connectivity index (χ1n) is 12.2. The highest BCUT2D eigenvalue weighted by Gasteiger charge is 2.34. The Balaban J connectivity index is 1.35. The van der Waals surface area contributed by atoms with E-state index < -0.39 is 24.2 Å². The van der Waals surface area contributed by atoms with E-state index in [1.807, 2.05) is 42.5 Å². The first-order chi connectivity index (χ1) is 17.0. The third kappa shape index (κ3) is 6.16. The molecular formula is C28H33FN2O4. The van der Waals surface area contributed by atoms with Crippen molar-refractivity contribution in [1.82, 2.24) is 9.88 Å². The summed E-state index contributed by atoms with van der Waals surface area (Å²) in [5, 5.41) is 21.7. The number of aliphatic carboxylic acids is 1. The van der Waals surface area contributed by atoms with E-state index >= 15 is 0 Å². The molecule has 1 aliphatic rings. The molecule has 0 spiro atoms. The van der Waals surface area contributed by atoms with Crippen LogP contribution < -0.4 is 4.74 Å². The van der Waals surface area contributed by atoms with Crippen LogP contribution in [-0.2, 0) is 4.79 Å². The molecule has 0 amide bonds. The number of piperidine rings is 1. The SMILES string of the molecule is COc1ccc2nccc([C@@H](O)CC[C@@H]3CCN(CCC(F)c4ccccc4)C[C@@H]3C(=O)O)c2c1. The zero-order chi connectivity index (χ0) is 24.8. The van der Waals surface area contributed by atoms with Crippen LogP contribution in [0.5, 0.6) is 5.75 Å². The lowest BCUT2D eigenvalue weighted by Crippen LogP contribution is -2.44. The molecule has 0 saturated carbocycles. The Morgan fingerprint density at radius 2 is 2.00 bits per heavy atom. The van der Waals surface area contributed by atoms with Crippen LogP contribution in [0.25, 0.3) is 10.9 Å². The van der Waals surface area contributed by atoms with E-state index in [1.54, 1.807) is 25.4 Å². The third-order valence-electron chi connectivity index (χ3n) is 7.17. The van der Waals surface area contributed by atoms with Gasteiger partial charge in [0, 0.05) is 24.7 Å². The summed E-state index contributed by atoms with van der Waals surface area (Å²) >= 11 is 0. The smallest absolute Gasteiger partial charge is 0.308 e. The second-order valence-electron chi connectivity index (χ2n) is 9.34. The molecule has 1 aliphatic heterocycles. The van der Waals surface area contributed by atoms with Crippen LogP contribution in [0, 0.1) is 11.8 Å². The molecular weight excluding hydrogens is 447 g/mol.